The monoisotopic (exact) mass is 387 g/mol. The number of carbonyl (C=O) groups is 1. The summed E-state index contributed by atoms with van der Waals surface area (Å²) >= 11 is 1.17. The lowest BCUT2D eigenvalue weighted by Crippen LogP contribution is -2.14. The van der Waals surface area contributed by atoms with Crippen LogP contribution in [-0.4, -0.2) is 36.3 Å². The van der Waals surface area contributed by atoms with Crippen molar-refractivity contribution in [3.05, 3.63) is 56.4 Å². The van der Waals surface area contributed by atoms with Gasteiger partial charge >= 0.3 is 5.97 Å². The minimum absolute atomic E-state index is 0.165. The van der Waals surface area contributed by atoms with E-state index in [0.29, 0.717) is 39.6 Å². The molecule has 0 saturated heterocycles. The lowest BCUT2D eigenvalue weighted by molar-refractivity contribution is 0.0393. The number of anilines is 1. The van der Waals surface area contributed by atoms with Crippen molar-refractivity contribution in [2.75, 3.05) is 25.6 Å². The van der Waals surface area contributed by atoms with Crippen molar-refractivity contribution in [2.24, 2.45) is 0 Å². The van der Waals surface area contributed by atoms with Gasteiger partial charge in [0.15, 0.2) is 0 Å². The molecule has 0 saturated carbocycles. The Labute approximate surface area is 160 Å². The minimum Gasteiger partial charge on any atom is -0.459 e. The van der Waals surface area contributed by atoms with Crippen molar-refractivity contribution in [2.45, 2.75) is 20.4 Å². The third-order valence-corrected chi connectivity index (χ3v) is 5.23. The van der Waals surface area contributed by atoms with E-state index in [0.717, 1.165) is 5.69 Å². The number of methoxy groups -OCH3 is 1. The summed E-state index contributed by atoms with van der Waals surface area (Å²) in [5.41, 5.74) is 2.44. The predicted octanol–water partition coefficient (Wildman–Crippen LogP) is 3.02. The molecule has 0 unspecified atom stereocenters. The molecule has 0 spiro atoms. The fourth-order valence-electron chi connectivity index (χ4n) is 2.61. The molecule has 0 aliphatic heterocycles. The molecule has 0 amide bonds. The van der Waals surface area contributed by atoms with Gasteiger partial charge in [-0.15, -0.1) is 11.3 Å². The normalized spacial score (nSPS) is 10.9. The minimum atomic E-state index is -0.466. The Balaban J connectivity index is 1.82. The van der Waals surface area contributed by atoms with Crippen LogP contribution >= 0.6 is 11.3 Å². The number of nitrogens with one attached hydrogen (secondary N) is 2. The van der Waals surface area contributed by atoms with Crippen molar-refractivity contribution in [1.29, 1.82) is 0 Å². The number of nitrogens with zero attached hydrogens (tertiary/aromatic N) is 1. The molecule has 7 nitrogen and oxygen atoms in total. The first-order valence-electron chi connectivity index (χ1n) is 8.48. The first-order valence-corrected chi connectivity index (χ1v) is 9.30. The summed E-state index contributed by atoms with van der Waals surface area (Å²) in [7, 11) is 1.54. The molecule has 3 aromatic rings. The molecule has 3 rings (SSSR count). The standard InChI is InChI=1S/C19H21N3O4S/c1-11-4-6-13(7-5-11)20-10-14-21-17(23)15-12(2)16(27-18(15)22-14)19(24)26-9-8-25-3/h4-7,20H,8-10H2,1-3H3,(H,21,22,23). The number of hydrogen-bond acceptors (Lipinski definition) is 7. The summed E-state index contributed by atoms with van der Waals surface area (Å²) < 4.78 is 10.0. The zero-order valence-corrected chi connectivity index (χ0v) is 16.2. The summed E-state index contributed by atoms with van der Waals surface area (Å²) in [6.07, 6.45) is 0. The molecule has 27 heavy (non-hydrogen) atoms. The smallest absolute Gasteiger partial charge is 0.348 e. The first kappa shape index (κ1) is 19.1. The van der Waals surface area contributed by atoms with Crippen LogP contribution in [0, 0.1) is 13.8 Å². The number of aromatic amines is 1. The largest absolute Gasteiger partial charge is 0.459 e. The van der Waals surface area contributed by atoms with Gasteiger partial charge in [0, 0.05) is 12.8 Å². The highest BCUT2D eigenvalue weighted by molar-refractivity contribution is 7.20. The van der Waals surface area contributed by atoms with Gasteiger partial charge in [-0.05, 0) is 31.5 Å². The second kappa shape index (κ2) is 8.32. The third kappa shape index (κ3) is 4.35. The Morgan fingerprint density at radius 3 is 2.67 bits per heavy atom. The number of hydrogen-bond donors (Lipinski definition) is 2. The molecule has 0 aliphatic carbocycles. The van der Waals surface area contributed by atoms with Crippen LogP contribution in [0.4, 0.5) is 5.69 Å². The average Bonchev–Trinajstić information content (AvgIpc) is 2.98. The van der Waals surface area contributed by atoms with Crippen molar-refractivity contribution in [1.82, 2.24) is 9.97 Å². The molecule has 0 fully saturated rings. The fraction of sp³-hybridized carbons (Fsp3) is 0.316. The van der Waals surface area contributed by atoms with Crippen molar-refractivity contribution in [3.8, 4) is 0 Å². The summed E-state index contributed by atoms with van der Waals surface area (Å²) in [6, 6.07) is 7.95. The summed E-state index contributed by atoms with van der Waals surface area (Å²) in [5, 5.41) is 3.65. The van der Waals surface area contributed by atoms with Crippen LogP contribution in [0.5, 0.6) is 0 Å². The van der Waals surface area contributed by atoms with Crippen LogP contribution in [-0.2, 0) is 16.0 Å². The van der Waals surface area contributed by atoms with Gasteiger partial charge in [-0.1, -0.05) is 17.7 Å². The van der Waals surface area contributed by atoms with E-state index in [-0.39, 0.29) is 12.2 Å². The zero-order valence-electron chi connectivity index (χ0n) is 15.4. The number of aromatic nitrogens is 2. The fourth-order valence-corrected chi connectivity index (χ4v) is 3.70. The molecule has 0 atom stereocenters. The second-order valence-electron chi connectivity index (χ2n) is 6.10. The number of carbonyl (C=O) groups excluding carboxylic acids is 1. The number of rotatable bonds is 7. The number of esters is 1. The van der Waals surface area contributed by atoms with Crippen LogP contribution in [0.25, 0.3) is 10.2 Å². The average molecular weight is 387 g/mol. The first-order chi connectivity index (χ1) is 13.0. The molecule has 2 heterocycles. The quantitative estimate of drug-likeness (QED) is 0.478. The summed E-state index contributed by atoms with van der Waals surface area (Å²) in [4.78, 5) is 32.9. The molecule has 0 bridgehead atoms. The number of thiophene rings is 1. The Morgan fingerprint density at radius 1 is 1.22 bits per heavy atom. The Kier molecular flexibility index (Phi) is 5.88. The van der Waals surface area contributed by atoms with Crippen LogP contribution in [0.2, 0.25) is 0 Å². The van der Waals surface area contributed by atoms with Crippen molar-refractivity contribution >= 4 is 33.2 Å². The molecule has 8 heteroatoms. The highest BCUT2D eigenvalue weighted by Gasteiger charge is 2.20. The van der Waals surface area contributed by atoms with Crippen LogP contribution in [0.15, 0.2) is 29.1 Å². The molecule has 2 aromatic heterocycles. The molecular formula is C19H21N3O4S. The molecule has 0 radical (unpaired) electrons. The van der Waals surface area contributed by atoms with Gasteiger partial charge in [0.1, 0.15) is 22.1 Å². The van der Waals surface area contributed by atoms with Gasteiger partial charge in [-0.2, -0.15) is 0 Å². The Morgan fingerprint density at radius 2 is 1.96 bits per heavy atom. The number of fused-ring (bicyclic) bond motifs is 1. The SMILES string of the molecule is COCCOC(=O)c1sc2nc(CNc3ccc(C)cc3)[nH]c(=O)c2c1C. The predicted molar refractivity (Wildman–Crippen MR) is 106 cm³/mol. The maximum atomic E-state index is 12.5. The van der Waals surface area contributed by atoms with Crippen LogP contribution in [0.3, 0.4) is 0 Å². The van der Waals surface area contributed by atoms with Gasteiger partial charge in [0.2, 0.25) is 0 Å². The Hall–Kier alpha value is -2.71. The van der Waals surface area contributed by atoms with Gasteiger partial charge in [-0.25, -0.2) is 9.78 Å². The molecule has 2 N–H and O–H groups in total. The zero-order chi connectivity index (χ0) is 19.4. The molecular weight excluding hydrogens is 366 g/mol. The number of aryl methyl sites for hydroxylation is 2. The van der Waals surface area contributed by atoms with Crippen molar-refractivity contribution < 1.29 is 14.3 Å². The third-order valence-electron chi connectivity index (χ3n) is 4.07. The van der Waals surface area contributed by atoms with Crippen LogP contribution < -0.4 is 10.9 Å². The van der Waals surface area contributed by atoms with Gasteiger partial charge in [0.25, 0.3) is 5.56 Å². The molecule has 1 aromatic carbocycles. The van der Waals surface area contributed by atoms with E-state index in [1.165, 1.54) is 24.0 Å². The molecule has 142 valence electrons. The molecule has 0 aliphatic rings. The maximum Gasteiger partial charge on any atom is 0.348 e. The summed E-state index contributed by atoms with van der Waals surface area (Å²) in [5.74, 6) is 0.0416. The van der Waals surface area contributed by atoms with E-state index < -0.39 is 5.97 Å². The highest BCUT2D eigenvalue weighted by Crippen LogP contribution is 2.27. The van der Waals surface area contributed by atoms with E-state index in [1.807, 2.05) is 31.2 Å². The summed E-state index contributed by atoms with van der Waals surface area (Å²) in [6.45, 7) is 4.61. The van der Waals surface area contributed by atoms with E-state index in [4.69, 9.17) is 9.47 Å². The lowest BCUT2D eigenvalue weighted by Gasteiger charge is -2.06. The van der Waals surface area contributed by atoms with E-state index >= 15 is 0 Å². The Bertz CT molecular complexity index is 1010. The van der Waals surface area contributed by atoms with Gasteiger partial charge < -0.3 is 19.8 Å². The second-order valence-corrected chi connectivity index (χ2v) is 7.10. The maximum absolute atomic E-state index is 12.5. The number of benzene rings is 1. The van der Waals surface area contributed by atoms with Crippen molar-refractivity contribution in [3.63, 3.8) is 0 Å². The van der Waals surface area contributed by atoms with Gasteiger partial charge in [0.05, 0.1) is 18.5 Å². The van der Waals surface area contributed by atoms with E-state index in [9.17, 15) is 9.59 Å². The van der Waals surface area contributed by atoms with E-state index in [1.54, 1.807) is 6.92 Å². The van der Waals surface area contributed by atoms with Gasteiger partial charge in [-0.3, -0.25) is 4.79 Å². The van der Waals surface area contributed by atoms with E-state index in [2.05, 4.69) is 15.3 Å². The van der Waals surface area contributed by atoms with Crippen LogP contribution in [0.1, 0.15) is 26.6 Å². The lowest BCUT2D eigenvalue weighted by atomic mass is 10.2. The number of H-pyrrole nitrogens is 1. The highest BCUT2D eigenvalue weighted by atomic mass is 32.1. The number of ether oxygens (including phenoxy) is 2. The topological polar surface area (TPSA) is 93.3 Å².